The molecule has 0 amide bonds. The van der Waals surface area contributed by atoms with Gasteiger partial charge in [-0.1, -0.05) is 149 Å². The zero-order valence-electron chi connectivity index (χ0n) is 30.5. The van der Waals surface area contributed by atoms with Crippen LogP contribution in [0.3, 0.4) is 0 Å². The molecular formula is C49H42N4. The third-order valence-corrected chi connectivity index (χ3v) is 12.4. The van der Waals surface area contributed by atoms with Gasteiger partial charge in [0, 0.05) is 27.3 Å². The first-order chi connectivity index (χ1) is 26.0. The fourth-order valence-electron chi connectivity index (χ4n) is 10.2. The van der Waals surface area contributed by atoms with Crippen LogP contribution in [-0.2, 0) is 5.41 Å². The Morgan fingerprint density at radius 2 is 1.15 bits per heavy atom. The standard InChI is InChI=1S/C49H42N4/c1-4-37-28-31(2)27-32(3)49(37)42-21-13-11-19-38(42)39-25-23-36(30-43(39)49)35-24-26-45-41(29-35)40-20-12-14-22-44(40)53(45)48-51-46(33-15-7-5-8-16-33)50-47(52-48)34-17-9-6-10-18-34/h5-26,29-32,37H,4,27-28H2,1-3H3. The lowest BCUT2D eigenvalue weighted by Gasteiger charge is -2.50. The topological polar surface area (TPSA) is 43.6 Å². The maximum absolute atomic E-state index is 5.13. The molecule has 2 aliphatic carbocycles. The summed E-state index contributed by atoms with van der Waals surface area (Å²) in [6.45, 7) is 7.38. The Kier molecular flexibility index (Phi) is 7.43. The van der Waals surface area contributed by atoms with Crippen molar-refractivity contribution in [2.75, 3.05) is 0 Å². The number of nitrogens with zero attached hydrogens (tertiary/aromatic N) is 4. The van der Waals surface area contributed by atoms with Crippen LogP contribution < -0.4 is 0 Å². The van der Waals surface area contributed by atoms with E-state index in [-0.39, 0.29) is 5.41 Å². The summed E-state index contributed by atoms with van der Waals surface area (Å²) >= 11 is 0. The van der Waals surface area contributed by atoms with Crippen LogP contribution in [0.25, 0.3) is 72.8 Å². The van der Waals surface area contributed by atoms with Gasteiger partial charge in [0.15, 0.2) is 11.6 Å². The van der Waals surface area contributed by atoms with Crippen molar-refractivity contribution in [1.82, 2.24) is 19.5 Å². The molecule has 10 rings (SSSR count). The summed E-state index contributed by atoms with van der Waals surface area (Å²) < 4.78 is 2.21. The number of aromatic nitrogens is 4. The summed E-state index contributed by atoms with van der Waals surface area (Å²) in [5.41, 5.74) is 12.5. The summed E-state index contributed by atoms with van der Waals surface area (Å²) in [4.78, 5) is 15.2. The highest BCUT2D eigenvalue weighted by atomic mass is 15.2. The van der Waals surface area contributed by atoms with E-state index in [0.29, 0.717) is 29.4 Å². The summed E-state index contributed by atoms with van der Waals surface area (Å²) in [5.74, 6) is 3.85. The van der Waals surface area contributed by atoms with Gasteiger partial charge in [0.05, 0.1) is 11.0 Å². The highest BCUT2D eigenvalue weighted by molar-refractivity contribution is 6.10. The minimum atomic E-state index is 0.0366. The van der Waals surface area contributed by atoms with Crippen molar-refractivity contribution in [2.45, 2.75) is 45.4 Å². The first kappa shape index (κ1) is 31.8. The number of hydrogen-bond donors (Lipinski definition) is 0. The van der Waals surface area contributed by atoms with Crippen LogP contribution in [0.5, 0.6) is 0 Å². The molecule has 1 saturated carbocycles. The van der Waals surface area contributed by atoms with E-state index < -0.39 is 0 Å². The van der Waals surface area contributed by atoms with Crippen LogP contribution in [-0.4, -0.2) is 19.5 Å². The minimum Gasteiger partial charge on any atom is -0.278 e. The highest BCUT2D eigenvalue weighted by Gasteiger charge is 2.53. The number of rotatable bonds is 5. The van der Waals surface area contributed by atoms with E-state index in [9.17, 15) is 0 Å². The second-order valence-corrected chi connectivity index (χ2v) is 15.4. The average molecular weight is 687 g/mol. The van der Waals surface area contributed by atoms with Crippen LogP contribution in [0.2, 0.25) is 0 Å². The summed E-state index contributed by atoms with van der Waals surface area (Å²) in [7, 11) is 0. The van der Waals surface area contributed by atoms with E-state index in [1.165, 1.54) is 57.9 Å². The Balaban J connectivity index is 1.16. The van der Waals surface area contributed by atoms with Crippen molar-refractivity contribution in [1.29, 1.82) is 0 Å². The molecule has 8 aromatic rings. The van der Waals surface area contributed by atoms with E-state index in [2.05, 4.69) is 135 Å². The van der Waals surface area contributed by atoms with Crippen molar-refractivity contribution in [3.63, 3.8) is 0 Å². The van der Waals surface area contributed by atoms with Gasteiger partial charge in [-0.15, -0.1) is 0 Å². The number of para-hydroxylation sites is 1. The third-order valence-electron chi connectivity index (χ3n) is 12.4. The lowest BCUT2D eigenvalue weighted by atomic mass is 9.53. The smallest absolute Gasteiger partial charge is 0.238 e. The van der Waals surface area contributed by atoms with Gasteiger partial charge < -0.3 is 0 Å². The zero-order valence-corrected chi connectivity index (χ0v) is 30.5. The molecule has 4 nitrogen and oxygen atoms in total. The predicted octanol–water partition coefficient (Wildman–Crippen LogP) is 12.3. The third kappa shape index (κ3) is 4.85. The molecule has 53 heavy (non-hydrogen) atoms. The van der Waals surface area contributed by atoms with Gasteiger partial charge in [-0.25, -0.2) is 4.98 Å². The Morgan fingerprint density at radius 3 is 1.89 bits per heavy atom. The van der Waals surface area contributed by atoms with Crippen molar-refractivity contribution >= 4 is 21.8 Å². The molecule has 4 atom stereocenters. The Hall–Kier alpha value is -5.87. The summed E-state index contributed by atoms with van der Waals surface area (Å²) in [5, 5.41) is 2.36. The van der Waals surface area contributed by atoms with E-state index in [1.807, 2.05) is 36.4 Å². The van der Waals surface area contributed by atoms with Gasteiger partial charge in [0.25, 0.3) is 0 Å². The Morgan fingerprint density at radius 1 is 0.547 bits per heavy atom. The van der Waals surface area contributed by atoms with Gasteiger partial charge in [0.1, 0.15) is 0 Å². The zero-order chi connectivity index (χ0) is 35.7. The predicted molar refractivity (Wildman–Crippen MR) is 218 cm³/mol. The molecule has 0 radical (unpaired) electrons. The lowest BCUT2D eigenvalue weighted by molar-refractivity contribution is 0.114. The molecule has 6 aromatic carbocycles. The van der Waals surface area contributed by atoms with Crippen LogP contribution in [0.15, 0.2) is 146 Å². The maximum Gasteiger partial charge on any atom is 0.238 e. The number of benzene rings is 6. The van der Waals surface area contributed by atoms with E-state index in [0.717, 1.165) is 28.1 Å². The first-order valence-corrected chi connectivity index (χ1v) is 19.2. The molecule has 0 aliphatic heterocycles. The quantitative estimate of drug-likeness (QED) is 0.181. The molecule has 4 heteroatoms. The monoisotopic (exact) mass is 686 g/mol. The van der Waals surface area contributed by atoms with Gasteiger partial charge in [-0.3, -0.25) is 4.57 Å². The molecule has 1 spiro atoms. The van der Waals surface area contributed by atoms with Crippen molar-refractivity contribution in [3.8, 4) is 51.0 Å². The molecule has 0 N–H and O–H groups in total. The van der Waals surface area contributed by atoms with E-state index in [4.69, 9.17) is 15.0 Å². The summed E-state index contributed by atoms with van der Waals surface area (Å²) in [6.07, 6.45) is 3.72. The van der Waals surface area contributed by atoms with Crippen LogP contribution in [0.4, 0.5) is 0 Å². The molecule has 258 valence electrons. The molecule has 2 heterocycles. The Labute approximate surface area is 311 Å². The second-order valence-electron chi connectivity index (χ2n) is 15.4. The number of fused-ring (bicyclic) bond motifs is 8. The fourth-order valence-corrected chi connectivity index (χ4v) is 10.2. The maximum atomic E-state index is 5.13. The lowest BCUT2D eigenvalue weighted by Crippen LogP contribution is -2.45. The molecule has 4 unspecified atom stereocenters. The van der Waals surface area contributed by atoms with Crippen molar-refractivity contribution < 1.29 is 0 Å². The van der Waals surface area contributed by atoms with Gasteiger partial charge in [0.2, 0.25) is 5.95 Å². The van der Waals surface area contributed by atoms with Crippen LogP contribution >= 0.6 is 0 Å². The van der Waals surface area contributed by atoms with Gasteiger partial charge in [-0.05, 0) is 88.2 Å². The second kappa shape index (κ2) is 12.4. The van der Waals surface area contributed by atoms with Crippen molar-refractivity contribution in [3.05, 3.63) is 157 Å². The van der Waals surface area contributed by atoms with E-state index in [1.54, 1.807) is 5.56 Å². The molecule has 2 aromatic heterocycles. The molecule has 1 fully saturated rings. The van der Waals surface area contributed by atoms with Crippen LogP contribution in [0.1, 0.15) is 51.2 Å². The molecule has 2 aliphatic rings. The molecule has 0 bridgehead atoms. The van der Waals surface area contributed by atoms with Crippen LogP contribution in [0, 0.1) is 17.8 Å². The number of hydrogen-bond acceptors (Lipinski definition) is 3. The SMILES string of the molecule is CCC1CC(C)CC(C)C12c1ccccc1-c1ccc(-c3ccc4c(c3)c3ccccc3n4-c3nc(-c4ccccc4)nc(-c4ccccc4)n3)cc12. The normalized spacial score (nSPS) is 20.5. The molecular weight excluding hydrogens is 645 g/mol. The minimum absolute atomic E-state index is 0.0366. The highest BCUT2D eigenvalue weighted by Crippen LogP contribution is 2.62. The van der Waals surface area contributed by atoms with Gasteiger partial charge in [-0.2, -0.15) is 9.97 Å². The average Bonchev–Trinajstić information content (AvgIpc) is 3.70. The van der Waals surface area contributed by atoms with Crippen molar-refractivity contribution in [2.24, 2.45) is 17.8 Å². The first-order valence-electron chi connectivity index (χ1n) is 19.2. The van der Waals surface area contributed by atoms with Gasteiger partial charge >= 0.3 is 0 Å². The largest absolute Gasteiger partial charge is 0.278 e. The molecule has 0 saturated heterocycles. The Bertz CT molecular complexity index is 2600. The fraction of sp³-hybridized carbons (Fsp3) is 0.204. The summed E-state index contributed by atoms with van der Waals surface area (Å²) in [6, 6.07) is 52.5. The van der Waals surface area contributed by atoms with E-state index >= 15 is 0 Å².